The van der Waals surface area contributed by atoms with Gasteiger partial charge in [-0.3, -0.25) is 14.6 Å². The number of morpholine rings is 1. The van der Waals surface area contributed by atoms with Crippen LogP contribution in [0.4, 0.5) is 27.6 Å². The number of hydrogen-bond donors (Lipinski definition) is 1. The first-order chi connectivity index (χ1) is 22.2. The summed E-state index contributed by atoms with van der Waals surface area (Å²) in [7, 11) is 2.70. The Morgan fingerprint density at radius 2 is 1.85 bits per heavy atom. The summed E-state index contributed by atoms with van der Waals surface area (Å²) >= 11 is 0. The fraction of sp³-hybridized carbons (Fsp3) is 0.344. The van der Waals surface area contributed by atoms with Gasteiger partial charge in [0.15, 0.2) is 0 Å². The van der Waals surface area contributed by atoms with E-state index in [-0.39, 0.29) is 30.8 Å². The van der Waals surface area contributed by atoms with E-state index in [0.717, 1.165) is 12.0 Å². The summed E-state index contributed by atoms with van der Waals surface area (Å²) in [4.78, 5) is 48.8. The molecule has 1 amide bonds. The maximum Gasteiger partial charge on any atom is 0.411 e. The number of ether oxygens (including phenoxy) is 2. The quantitative estimate of drug-likeness (QED) is 0.232. The van der Waals surface area contributed by atoms with Crippen LogP contribution in [0.3, 0.4) is 0 Å². The fourth-order valence-corrected chi connectivity index (χ4v) is 5.54. The van der Waals surface area contributed by atoms with Gasteiger partial charge in [0.25, 0.3) is 11.5 Å². The largest absolute Gasteiger partial charge is 0.467 e. The van der Waals surface area contributed by atoms with Crippen molar-refractivity contribution < 1.29 is 41.0 Å². The summed E-state index contributed by atoms with van der Waals surface area (Å²) in [5, 5.41) is 2.81. The van der Waals surface area contributed by atoms with Gasteiger partial charge in [-0.05, 0) is 37.6 Å². The molecular weight excluding hydrogens is 629 g/mol. The molecule has 1 saturated heterocycles. The molecule has 2 aromatic carbocycles. The van der Waals surface area contributed by atoms with Crippen molar-refractivity contribution in [1.82, 2.24) is 19.9 Å². The lowest BCUT2D eigenvalue weighted by atomic mass is 9.96. The van der Waals surface area contributed by atoms with Crippen LogP contribution in [-0.4, -0.2) is 71.5 Å². The standard InChI is InChI=1S/C32H30F5N5O5/c1-16-17(2)41(3)30(44)28(39-16)21-8-7-18(20-6-5-9-38-27(20)21)12-24(31(45)46-4)40-29(43)26-22(33)13-19(14-23(26)34)42-10-11-47-15-25(42)32(35,36)37/h5-9,13-14,24-25H,10-12,15H2,1-4H3,(H,40,43)/t24-,25-/m0/s1. The number of rotatable bonds is 7. The van der Waals surface area contributed by atoms with E-state index in [9.17, 15) is 27.6 Å². The normalized spacial score (nSPS) is 15.9. The molecule has 0 unspecified atom stereocenters. The molecule has 15 heteroatoms. The van der Waals surface area contributed by atoms with Crippen LogP contribution >= 0.6 is 0 Å². The van der Waals surface area contributed by atoms with Gasteiger partial charge < -0.3 is 24.3 Å². The van der Waals surface area contributed by atoms with Crippen molar-refractivity contribution in [1.29, 1.82) is 0 Å². The zero-order valence-electron chi connectivity index (χ0n) is 25.7. The highest BCUT2D eigenvalue weighted by Crippen LogP contribution is 2.33. The molecule has 0 radical (unpaired) electrons. The molecule has 3 heterocycles. The molecular formula is C32H30F5N5O5. The van der Waals surface area contributed by atoms with Crippen LogP contribution in [0.1, 0.15) is 27.3 Å². The third-order valence-electron chi connectivity index (χ3n) is 8.24. The zero-order valence-corrected chi connectivity index (χ0v) is 25.7. The molecule has 0 bridgehead atoms. The Morgan fingerprint density at radius 3 is 2.51 bits per heavy atom. The molecule has 248 valence electrons. The lowest BCUT2D eigenvalue weighted by Crippen LogP contribution is -2.53. The number of carbonyl (C=O) groups is 2. The molecule has 1 N–H and O–H groups in total. The maximum absolute atomic E-state index is 15.2. The highest BCUT2D eigenvalue weighted by Gasteiger charge is 2.46. The molecule has 2 atom stereocenters. The molecule has 2 aromatic heterocycles. The Hall–Kier alpha value is -4.92. The number of methoxy groups -OCH3 is 1. The number of esters is 1. The maximum atomic E-state index is 15.2. The third-order valence-corrected chi connectivity index (χ3v) is 8.24. The van der Waals surface area contributed by atoms with Crippen molar-refractivity contribution in [3.8, 4) is 11.3 Å². The minimum absolute atomic E-state index is 0.0954. The van der Waals surface area contributed by atoms with Crippen LogP contribution in [0.25, 0.3) is 22.2 Å². The van der Waals surface area contributed by atoms with Gasteiger partial charge in [0.2, 0.25) is 0 Å². The van der Waals surface area contributed by atoms with E-state index in [2.05, 4.69) is 15.3 Å². The second kappa shape index (κ2) is 13.1. The molecule has 0 spiro atoms. The van der Waals surface area contributed by atoms with E-state index in [1.54, 1.807) is 45.2 Å². The van der Waals surface area contributed by atoms with Crippen molar-refractivity contribution in [2.75, 3.05) is 31.8 Å². The van der Waals surface area contributed by atoms with Gasteiger partial charge in [0.05, 0.1) is 31.5 Å². The number of nitrogens with zero attached hydrogens (tertiary/aromatic N) is 4. The summed E-state index contributed by atoms with van der Waals surface area (Å²) in [6.07, 6.45) is -3.43. The SMILES string of the molecule is COC(=O)[C@H](Cc1ccc(-c2nc(C)c(C)n(C)c2=O)c2ncccc12)NC(=O)c1c(F)cc(N2CCOC[C@H]2C(F)(F)F)cc1F. The van der Waals surface area contributed by atoms with Gasteiger partial charge in [-0.15, -0.1) is 0 Å². The number of halogens is 5. The first-order valence-corrected chi connectivity index (χ1v) is 14.4. The number of anilines is 1. The summed E-state index contributed by atoms with van der Waals surface area (Å²) in [5.74, 6) is -5.09. The molecule has 1 aliphatic rings. The van der Waals surface area contributed by atoms with Crippen molar-refractivity contribution in [2.24, 2.45) is 7.05 Å². The Kier molecular flexibility index (Phi) is 9.29. The van der Waals surface area contributed by atoms with E-state index in [1.807, 2.05) is 0 Å². The third kappa shape index (κ3) is 6.52. The number of benzene rings is 2. The molecule has 47 heavy (non-hydrogen) atoms. The molecule has 0 aliphatic carbocycles. The summed E-state index contributed by atoms with van der Waals surface area (Å²) in [6, 6.07) is 4.25. The number of aryl methyl sites for hydroxylation is 1. The van der Waals surface area contributed by atoms with Crippen LogP contribution in [0.2, 0.25) is 0 Å². The first kappa shape index (κ1) is 33.4. The van der Waals surface area contributed by atoms with Gasteiger partial charge in [-0.1, -0.05) is 18.2 Å². The number of fused-ring (bicyclic) bond motifs is 1. The van der Waals surface area contributed by atoms with Gasteiger partial charge in [0.1, 0.15) is 35.0 Å². The zero-order chi connectivity index (χ0) is 34.2. The average molecular weight is 660 g/mol. The number of amides is 1. The van der Waals surface area contributed by atoms with Crippen molar-refractivity contribution in [3.05, 3.63) is 87.1 Å². The van der Waals surface area contributed by atoms with E-state index < -0.39 is 59.6 Å². The molecule has 0 saturated carbocycles. The van der Waals surface area contributed by atoms with Crippen molar-refractivity contribution in [2.45, 2.75) is 38.5 Å². The molecule has 5 rings (SSSR count). The Bertz CT molecular complexity index is 1910. The second-order valence-corrected chi connectivity index (χ2v) is 11.0. The highest BCUT2D eigenvalue weighted by atomic mass is 19.4. The minimum Gasteiger partial charge on any atom is -0.467 e. The lowest BCUT2D eigenvalue weighted by Gasteiger charge is -2.38. The van der Waals surface area contributed by atoms with Crippen LogP contribution in [0, 0.1) is 25.5 Å². The van der Waals surface area contributed by atoms with Gasteiger partial charge in [-0.2, -0.15) is 13.2 Å². The van der Waals surface area contributed by atoms with Crippen LogP contribution in [0.15, 0.2) is 47.4 Å². The van der Waals surface area contributed by atoms with E-state index >= 15 is 8.78 Å². The van der Waals surface area contributed by atoms with E-state index in [1.165, 1.54) is 10.8 Å². The monoisotopic (exact) mass is 659 g/mol. The van der Waals surface area contributed by atoms with Gasteiger partial charge in [-0.25, -0.2) is 18.6 Å². The van der Waals surface area contributed by atoms with Crippen molar-refractivity contribution in [3.63, 3.8) is 0 Å². The Labute approximate surface area is 265 Å². The first-order valence-electron chi connectivity index (χ1n) is 14.4. The van der Waals surface area contributed by atoms with Gasteiger partial charge in [0, 0.05) is 48.5 Å². The Morgan fingerprint density at radius 1 is 1.15 bits per heavy atom. The summed E-state index contributed by atoms with van der Waals surface area (Å²) in [6.45, 7) is 2.44. The summed E-state index contributed by atoms with van der Waals surface area (Å²) < 4.78 is 82.3. The lowest BCUT2D eigenvalue weighted by molar-refractivity contribution is -0.167. The highest BCUT2D eigenvalue weighted by molar-refractivity contribution is 5.98. The predicted molar refractivity (Wildman–Crippen MR) is 161 cm³/mol. The second-order valence-electron chi connectivity index (χ2n) is 11.0. The Balaban J connectivity index is 1.46. The van der Waals surface area contributed by atoms with E-state index in [0.29, 0.717) is 45.6 Å². The van der Waals surface area contributed by atoms with Gasteiger partial charge >= 0.3 is 12.1 Å². The number of carbonyl (C=O) groups excluding carboxylic acids is 2. The minimum atomic E-state index is -4.74. The number of hydrogen-bond acceptors (Lipinski definition) is 8. The molecule has 1 aliphatic heterocycles. The van der Waals surface area contributed by atoms with Crippen molar-refractivity contribution >= 4 is 28.5 Å². The van der Waals surface area contributed by atoms with E-state index in [4.69, 9.17) is 9.47 Å². The molecule has 10 nitrogen and oxygen atoms in total. The van der Waals surface area contributed by atoms with Crippen LogP contribution in [0.5, 0.6) is 0 Å². The number of pyridine rings is 1. The average Bonchev–Trinajstić information content (AvgIpc) is 3.04. The number of nitrogens with one attached hydrogen (secondary N) is 1. The number of aromatic nitrogens is 3. The summed E-state index contributed by atoms with van der Waals surface area (Å²) in [5.41, 5.74) is 0.957. The fourth-order valence-electron chi connectivity index (χ4n) is 5.54. The topological polar surface area (TPSA) is 116 Å². The molecule has 1 fully saturated rings. The molecule has 4 aromatic rings. The predicted octanol–water partition coefficient (Wildman–Crippen LogP) is 4.17. The van der Waals surface area contributed by atoms with Crippen LogP contribution in [-0.2, 0) is 27.7 Å². The smallest absolute Gasteiger partial charge is 0.411 e. The number of alkyl halides is 3. The van der Waals surface area contributed by atoms with Crippen LogP contribution < -0.4 is 15.8 Å².